The van der Waals surface area contributed by atoms with E-state index in [1.54, 1.807) is 6.07 Å². The lowest BCUT2D eigenvalue weighted by Gasteiger charge is -2.05. The Kier molecular flexibility index (Phi) is 3.99. The topological polar surface area (TPSA) is 52.0 Å². The van der Waals surface area contributed by atoms with Crippen LogP contribution in [-0.2, 0) is 0 Å². The number of nitrogens with zero attached hydrogens (tertiary/aromatic N) is 1. The highest BCUT2D eigenvalue weighted by molar-refractivity contribution is 14.1. The van der Waals surface area contributed by atoms with Crippen LogP contribution < -0.4 is 5.73 Å². The lowest BCUT2D eigenvalue weighted by molar-refractivity contribution is 0.439. The van der Waals surface area contributed by atoms with Crippen molar-refractivity contribution in [2.45, 2.75) is 0 Å². The second-order valence-corrected chi connectivity index (χ2v) is 6.48. The fourth-order valence-electron chi connectivity index (χ4n) is 2.09. The average Bonchev–Trinajstić information content (AvgIpc) is 2.80. The van der Waals surface area contributed by atoms with Crippen molar-refractivity contribution in [3.8, 4) is 22.4 Å². The zero-order valence-corrected chi connectivity index (χ0v) is 14.4. The van der Waals surface area contributed by atoms with Gasteiger partial charge < -0.3 is 10.3 Å². The average molecular weight is 459 g/mol. The second kappa shape index (κ2) is 5.76. The minimum atomic E-state index is -0.288. The van der Waals surface area contributed by atoms with Crippen LogP contribution in [0.3, 0.4) is 0 Å². The molecule has 0 radical (unpaired) electrons. The van der Waals surface area contributed by atoms with Crippen molar-refractivity contribution in [3.05, 3.63) is 56.3 Å². The molecule has 3 rings (SSSR count). The monoisotopic (exact) mass is 458 g/mol. The van der Waals surface area contributed by atoms with Crippen molar-refractivity contribution in [3.63, 3.8) is 0 Å². The fraction of sp³-hybridized carbons (Fsp3) is 0. The van der Waals surface area contributed by atoms with Gasteiger partial charge in [-0.05, 0) is 58.5 Å². The SMILES string of the molecule is Nc1onc(-c2ccc(F)cc2I)c1-c1cccc(Br)c1. The van der Waals surface area contributed by atoms with Gasteiger partial charge in [-0.1, -0.05) is 33.2 Å². The maximum Gasteiger partial charge on any atom is 0.230 e. The molecule has 106 valence electrons. The number of benzene rings is 2. The molecule has 0 aliphatic heterocycles. The number of rotatable bonds is 2. The van der Waals surface area contributed by atoms with E-state index in [0.29, 0.717) is 11.3 Å². The van der Waals surface area contributed by atoms with E-state index in [1.165, 1.54) is 12.1 Å². The van der Waals surface area contributed by atoms with Crippen molar-refractivity contribution in [2.75, 3.05) is 5.73 Å². The number of nitrogen functional groups attached to an aromatic ring is 1. The Hall–Kier alpha value is -1.41. The Labute approximate surface area is 142 Å². The summed E-state index contributed by atoms with van der Waals surface area (Å²) in [6, 6.07) is 12.2. The lowest BCUT2D eigenvalue weighted by atomic mass is 10.0. The van der Waals surface area contributed by atoms with E-state index in [2.05, 4.69) is 43.7 Å². The number of aromatic nitrogens is 1. The van der Waals surface area contributed by atoms with Gasteiger partial charge in [0.1, 0.15) is 11.5 Å². The van der Waals surface area contributed by atoms with Gasteiger partial charge in [-0.2, -0.15) is 0 Å². The van der Waals surface area contributed by atoms with Gasteiger partial charge in [0, 0.05) is 13.6 Å². The molecule has 2 N–H and O–H groups in total. The van der Waals surface area contributed by atoms with E-state index in [-0.39, 0.29) is 11.7 Å². The van der Waals surface area contributed by atoms with Gasteiger partial charge in [0.25, 0.3) is 0 Å². The first-order valence-corrected chi connectivity index (χ1v) is 7.90. The van der Waals surface area contributed by atoms with Crippen LogP contribution in [0.25, 0.3) is 22.4 Å². The summed E-state index contributed by atoms with van der Waals surface area (Å²) in [4.78, 5) is 0. The number of hydrogen-bond donors (Lipinski definition) is 1. The van der Waals surface area contributed by atoms with Crippen molar-refractivity contribution < 1.29 is 8.91 Å². The maximum atomic E-state index is 13.3. The molecule has 6 heteroatoms. The summed E-state index contributed by atoms with van der Waals surface area (Å²) >= 11 is 5.50. The molecule has 0 bridgehead atoms. The lowest BCUT2D eigenvalue weighted by Crippen LogP contribution is -1.90. The highest BCUT2D eigenvalue weighted by Crippen LogP contribution is 2.38. The Morgan fingerprint density at radius 2 is 2.00 bits per heavy atom. The van der Waals surface area contributed by atoms with Crippen LogP contribution >= 0.6 is 38.5 Å². The molecule has 0 spiro atoms. The van der Waals surface area contributed by atoms with E-state index in [9.17, 15) is 4.39 Å². The first-order valence-electron chi connectivity index (χ1n) is 6.03. The van der Waals surface area contributed by atoms with Crippen LogP contribution in [0.15, 0.2) is 51.5 Å². The summed E-state index contributed by atoms with van der Waals surface area (Å²) < 4.78 is 20.1. The second-order valence-electron chi connectivity index (χ2n) is 4.40. The van der Waals surface area contributed by atoms with Gasteiger partial charge in [-0.25, -0.2) is 4.39 Å². The Morgan fingerprint density at radius 1 is 1.19 bits per heavy atom. The molecular weight excluding hydrogens is 450 g/mol. The molecule has 0 unspecified atom stereocenters. The summed E-state index contributed by atoms with van der Waals surface area (Å²) in [5.41, 5.74) is 8.91. The molecule has 3 nitrogen and oxygen atoms in total. The largest absolute Gasteiger partial charge is 0.367 e. The minimum absolute atomic E-state index is 0.239. The van der Waals surface area contributed by atoms with Crippen molar-refractivity contribution in [1.82, 2.24) is 5.16 Å². The van der Waals surface area contributed by atoms with E-state index in [1.807, 2.05) is 24.3 Å². The standard InChI is InChI=1S/C15H9BrFIN2O/c16-9-3-1-2-8(6-9)13-14(20-21-15(13)19)11-5-4-10(17)7-12(11)18/h1-7H,19H2. The summed E-state index contributed by atoms with van der Waals surface area (Å²) in [6.45, 7) is 0. The molecule has 0 saturated carbocycles. The highest BCUT2D eigenvalue weighted by atomic mass is 127. The molecule has 0 fully saturated rings. The molecule has 0 aliphatic carbocycles. The van der Waals surface area contributed by atoms with Crippen LogP contribution in [0.5, 0.6) is 0 Å². The molecule has 0 aliphatic rings. The third-order valence-corrected chi connectivity index (χ3v) is 4.40. The fourth-order valence-corrected chi connectivity index (χ4v) is 3.22. The van der Waals surface area contributed by atoms with Gasteiger partial charge in [0.2, 0.25) is 5.88 Å². The Morgan fingerprint density at radius 3 is 2.71 bits per heavy atom. The third kappa shape index (κ3) is 2.82. The molecule has 0 atom stereocenters. The minimum Gasteiger partial charge on any atom is -0.367 e. The van der Waals surface area contributed by atoms with Gasteiger partial charge in [-0.3, -0.25) is 0 Å². The first kappa shape index (κ1) is 14.5. The van der Waals surface area contributed by atoms with E-state index < -0.39 is 0 Å². The van der Waals surface area contributed by atoms with E-state index in [4.69, 9.17) is 10.3 Å². The predicted octanol–water partition coefficient (Wildman–Crippen LogP) is 5.10. The van der Waals surface area contributed by atoms with Crippen LogP contribution in [0.2, 0.25) is 0 Å². The summed E-state index contributed by atoms with van der Waals surface area (Å²) in [5.74, 6) is -0.0492. The summed E-state index contributed by atoms with van der Waals surface area (Å²) in [7, 11) is 0. The molecule has 3 aromatic rings. The highest BCUT2D eigenvalue weighted by Gasteiger charge is 2.19. The van der Waals surface area contributed by atoms with Gasteiger partial charge in [0.15, 0.2) is 0 Å². The van der Waals surface area contributed by atoms with E-state index >= 15 is 0 Å². The normalized spacial score (nSPS) is 10.8. The smallest absolute Gasteiger partial charge is 0.230 e. The quantitative estimate of drug-likeness (QED) is 0.543. The van der Waals surface area contributed by atoms with Crippen LogP contribution in [0.4, 0.5) is 10.3 Å². The number of halogens is 3. The van der Waals surface area contributed by atoms with E-state index in [0.717, 1.165) is 19.2 Å². The number of anilines is 1. The molecule has 1 aromatic heterocycles. The van der Waals surface area contributed by atoms with Gasteiger partial charge in [0.05, 0.1) is 5.56 Å². The molecular formula is C15H9BrFIN2O. The van der Waals surface area contributed by atoms with Crippen molar-refractivity contribution >= 4 is 44.4 Å². The first-order chi connectivity index (χ1) is 10.1. The number of hydrogen-bond acceptors (Lipinski definition) is 3. The Bertz CT molecular complexity index is 819. The Balaban J connectivity index is 2.22. The van der Waals surface area contributed by atoms with Crippen LogP contribution in [-0.4, -0.2) is 5.16 Å². The predicted molar refractivity (Wildman–Crippen MR) is 92.2 cm³/mol. The van der Waals surface area contributed by atoms with Crippen LogP contribution in [0, 0.1) is 9.39 Å². The zero-order valence-electron chi connectivity index (χ0n) is 10.6. The summed E-state index contributed by atoms with van der Waals surface area (Å²) in [6.07, 6.45) is 0. The molecule has 2 aromatic carbocycles. The van der Waals surface area contributed by atoms with Gasteiger partial charge >= 0.3 is 0 Å². The van der Waals surface area contributed by atoms with Crippen LogP contribution in [0.1, 0.15) is 0 Å². The molecule has 1 heterocycles. The molecule has 0 saturated heterocycles. The zero-order chi connectivity index (χ0) is 15.0. The summed E-state index contributed by atoms with van der Waals surface area (Å²) in [5, 5.41) is 4.04. The van der Waals surface area contributed by atoms with Gasteiger partial charge in [-0.15, -0.1) is 0 Å². The van der Waals surface area contributed by atoms with Crippen molar-refractivity contribution in [1.29, 1.82) is 0 Å². The number of nitrogens with two attached hydrogens (primary N) is 1. The maximum absolute atomic E-state index is 13.3. The molecule has 0 amide bonds. The third-order valence-electron chi connectivity index (χ3n) is 3.02. The molecule has 21 heavy (non-hydrogen) atoms. The van der Waals surface area contributed by atoms with Crippen molar-refractivity contribution in [2.24, 2.45) is 0 Å².